The molecule has 2 N–H and O–H groups in total. The lowest BCUT2D eigenvalue weighted by atomic mass is 9.99. The van der Waals surface area contributed by atoms with Crippen LogP contribution in [0.4, 0.5) is 0 Å². The van der Waals surface area contributed by atoms with Gasteiger partial charge >= 0.3 is 5.97 Å². The summed E-state index contributed by atoms with van der Waals surface area (Å²) >= 11 is 7.81. The first-order valence-electron chi connectivity index (χ1n) is 11.7. The lowest BCUT2D eigenvalue weighted by Crippen LogP contribution is -2.27. The Morgan fingerprint density at radius 2 is 1.92 bits per heavy atom. The van der Waals surface area contributed by atoms with E-state index in [1.54, 1.807) is 11.3 Å². The van der Waals surface area contributed by atoms with Crippen molar-refractivity contribution in [2.24, 2.45) is 4.99 Å². The molecule has 1 aromatic carbocycles. The molecule has 0 aliphatic carbocycles. The number of hydrogen-bond donors (Lipinski definition) is 2. The van der Waals surface area contributed by atoms with Gasteiger partial charge in [0.15, 0.2) is 5.82 Å². The van der Waals surface area contributed by atoms with E-state index in [0.717, 1.165) is 33.2 Å². The van der Waals surface area contributed by atoms with Crippen molar-refractivity contribution >= 4 is 40.5 Å². The number of aliphatic carboxylic acids is 1. The molecule has 36 heavy (non-hydrogen) atoms. The van der Waals surface area contributed by atoms with Gasteiger partial charge in [0.05, 0.1) is 25.2 Å². The number of carboxylic acids is 1. The second-order valence-corrected chi connectivity index (χ2v) is 10.2. The SMILES string of the molecule is Cc1sc2c(c1C)C(c1ccc(Cl)cc1)=N[C@@H](CC(=O)NCCCOCCC(=O)O)c1nnc(C)n1-2. The summed E-state index contributed by atoms with van der Waals surface area (Å²) in [6.45, 7) is 7.03. The maximum Gasteiger partial charge on any atom is 0.305 e. The molecular weight excluding hydrogens is 502 g/mol. The summed E-state index contributed by atoms with van der Waals surface area (Å²) < 4.78 is 7.29. The summed E-state index contributed by atoms with van der Waals surface area (Å²) in [4.78, 5) is 29.7. The van der Waals surface area contributed by atoms with Crippen molar-refractivity contribution in [2.75, 3.05) is 19.8 Å². The zero-order valence-electron chi connectivity index (χ0n) is 20.4. The number of ether oxygens (including phenoxy) is 1. The number of aryl methyl sites for hydroxylation is 2. The molecule has 11 heteroatoms. The number of aromatic nitrogens is 3. The third-order valence-electron chi connectivity index (χ3n) is 5.98. The van der Waals surface area contributed by atoms with Crippen LogP contribution < -0.4 is 5.32 Å². The normalized spacial score (nSPS) is 14.6. The summed E-state index contributed by atoms with van der Waals surface area (Å²) in [5, 5.41) is 21.9. The van der Waals surface area contributed by atoms with Crippen molar-refractivity contribution in [3.63, 3.8) is 0 Å². The summed E-state index contributed by atoms with van der Waals surface area (Å²) in [6.07, 6.45) is 0.662. The van der Waals surface area contributed by atoms with Crippen LogP contribution in [0.3, 0.4) is 0 Å². The summed E-state index contributed by atoms with van der Waals surface area (Å²) in [6, 6.07) is 7.03. The topological polar surface area (TPSA) is 119 Å². The van der Waals surface area contributed by atoms with E-state index in [2.05, 4.69) is 29.4 Å². The number of hydrogen-bond acceptors (Lipinski definition) is 7. The Morgan fingerprint density at radius 1 is 1.17 bits per heavy atom. The number of nitrogens with one attached hydrogen (secondary N) is 1. The van der Waals surface area contributed by atoms with Gasteiger partial charge in [-0.05, 0) is 44.9 Å². The summed E-state index contributed by atoms with van der Waals surface area (Å²) in [5.41, 5.74) is 3.88. The van der Waals surface area contributed by atoms with Crippen molar-refractivity contribution in [3.8, 4) is 5.00 Å². The molecular formula is C25H28ClN5O4S. The van der Waals surface area contributed by atoms with E-state index in [1.807, 2.05) is 35.8 Å². The summed E-state index contributed by atoms with van der Waals surface area (Å²) in [7, 11) is 0. The predicted molar refractivity (Wildman–Crippen MR) is 139 cm³/mol. The largest absolute Gasteiger partial charge is 0.481 e. The number of benzene rings is 1. The molecule has 190 valence electrons. The molecule has 3 aromatic rings. The molecule has 0 spiro atoms. The molecule has 1 amide bonds. The minimum Gasteiger partial charge on any atom is -0.481 e. The number of fused-ring (bicyclic) bond motifs is 3. The highest BCUT2D eigenvalue weighted by Crippen LogP contribution is 2.39. The first-order chi connectivity index (χ1) is 17.3. The van der Waals surface area contributed by atoms with E-state index < -0.39 is 12.0 Å². The monoisotopic (exact) mass is 529 g/mol. The maximum absolute atomic E-state index is 12.9. The standard InChI is InChI=1S/C25H28ClN5O4S/c1-14-15(2)36-25-22(14)23(17-5-7-18(26)8-6-17)28-19(24-30-29-16(3)31(24)25)13-20(32)27-10-4-11-35-12-9-21(33)34/h5-8,19H,4,9-13H2,1-3H3,(H,27,32)(H,33,34)/t19-/m0/s1. The fourth-order valence-electron chi connectivity index (χ4n) is 4.04. The molecule has 9 nitrogen and oxygen atoms in total. The third kappa shape index (κ3) is 5.66. The van der Waals surface area contributed by atoms with E-state index in [-0.39, 0.29) is 25.4 Å². The van der Waals surface area contributed by atoms with Crippen molar-refractivity contribution in [1.29, 1.82) is 0 Å². The van der Waals surface area contributed by atoms with Crippen LogP contribution in [-0.2, 0) is 14.3 Å². The van der Waals surface area contributed by atoms with Crippen molar-refractivity contribution in [3.05, 3.63) is 62.5 Å². The van der Waals surface area contributed by atoms with Gasteiger partial charge in [0.25, 0.3) is 0 Å². The number of amides is 1. The molecule has 0 saturated carbocycles. The minimum absolute atomic E-state index is 0.0351. The Kier molecular flexibility index (Phi) is 8.17. The van der Waals surface area contributed by atoms with Gasteiger partial charge in [0, 0.05) is 34.2 Å². The molecule has 0 fully saturated rings. The number of nitrogens with zero attached hydrogens (tertiary/aromatic N) is 4. The minimum atomic E-state index is -0.895. The Hall–Kier alpha value is -3.08. The first kappa shape index (κ1) is 26.0. The lowest BCUT2D eigenvalue weighted by molar-refractivity contribution is -0.138. The molecule has 3 heterocycles. The number of halogens is 1. The molecule has 2 aromatic heterocycles. The fraction of sp³-hybridized carbons (Fsp3) is 0.400. The van der Waals surface area contributed by atoms with Gasteiger partial charge in [-0.25, -0.2) is 0 Å². The lowest BCUT2D eigenvalue weighted by Gasteiger charge is -2.13. The van der Waals surface area contributed by atoms with E-state index in [9.17, 15) is 9.59 Å². The molecule has 1 aliphatic heterocycles. The zero-order valence-corrected chi connectivity index (χ0v) is 21.9. The van der Waals surface area contributed by atoms with Gasteiger partial charge in [-0.1, -0.05) is 23.7 Å². The Morgan fingerprint density at radius 3 is 2.64 bits per heavy atom. The maximum atomic E-state index is 12.9. The van der Waals surface area contributed by atoms with Crippen LogP contribution in [0.1, 0.15) is 58.5 Å². The Bertz CT molecular complexity index is 1300. The Labute approximate surface area is 218 Å². The second-order valence-electron chi connectivity index (χ2n) is 8.57. The molecule has 0 radical (unpaired) electrons. The zero-order chi connectivity index (χ0) is 25.8. The van der Waals surface area contributed by atoms with E-state index in [0.29, 0.717) is 30.4 Å². The van der Waals surface area contributed by atoms with Gasteiger partial charge in [-0.2, -0.15) is 0 Å². The van der Waals surface area contributed by atoms with Crippen LogP contribution in [0.15, 0.2) is 29.3 Å². The first-order valence-corrected chi connectivity index (χ1v) is 12.9. The van der Waals surface area contributed by atoms with E-state index >= 15 is 0 Å². The average molecular weight is 530 g/mol. The molecule has 1 atom stereocenters. The van der Waals surface area contributed by atoms with Crippen LogP contribution in [0.25, 0.3) is 5.00 Å². The second kappa shape index (κ2) is 11.3. The number of carbonyl (C=O) groups is 2. The highest BCUT2D eigenvalue weighted by Gasteiger charge is 2.32. The van der Waals surface area contributed by atoms with Crippen molar-refractivity contribution in [1.82, 2.24) is 20.1 Å². The Balaban J connectivity index is 1.58. The number of carbonyl (C=O) groups excluding carboxylic acids is 1. The summed E-state index contributed by atoms with van der Waals surface area (Å²) in [5.74, 6) is 0.318. The number of thiophene rings is 1. The highest BCUT2D eigenvalue weighted by atomic mass is 35.5. The third-order valence-corrected chi connectivity index (χ3v) is 7.43. The fourth-order valence-corrected chi connectivity index (χ4v) is 5.38. The van der Waals surface area contributed by atoms with Gasteiger partial charge in [0.1, 0.15) is 16.9 Å². The van der Waals surface area contributed by atoms with Crippen LogP contribution >= 0.6 is 22.9 Å². The predicted octanol–water partition coefficient (Wildman–Crippen LogP) is 4.19. The quantitative estimate of drug-likeness (QED) is 0.380. The van der Waals surface area contributed by atoms with E-state index in [4.69, 9.17) is 26.4 Å². The number of carboxylic acid groups (broad SMARTS) is 1. The molecule has 1 aliphatic rings. The van der Waals surface area contributed by atoms with Crippen LogP contribution in [0, 0.1) is 20.8 Å². The van der Waals surface area contributed by atoms with Crippen LogP contribution in [0.5, 0.6) is 0 Å². The number of aliphatic imine (C=N–C) groups is 1. The van der Waals surface area contributed by atoms with Gasteiger partial charge in [0.2, 0.25) is 5.91 Å². The van der Waals surface area contributed by atoms with Crippen LogP contribution in [-0.4, -0.2) is 57.2 Å². The van der Waals surface area contributed by atoms with E-state index in [1.165, 1.54) is 4.88 Å². The van der Waals surface area contributed by atoms with Crippen LogP contribution in [0.2, 0.25) is 5.02 Å². The smallest absolute Gasteiger partial charge is 0.305 e. The molecule has 0 saturated heterocycles. The van der Waals surface area contributed by atoms with Gasteiger partial charge in [-0.15, -0.1) is 21.5 Å². The van der Waals surface area contributed by atoms with Crippen molar-refractivity contribution in [2.45, 2.75) is 46.1 Å². The average Bonchev–Trinajstić information content (AvgIpc) is 3.31. The molecule has 0 bridgehead atoms. The number of rotatable bonds is 10. The molecule has 0 unspecified atom stereocenters. The van der Waals surface area contributed by atoms with Crippen molar-refractivity contribution < 1.29 is 19.4 Å². The highest BCUT2D eigenvalue weighted by molar-refractivity contribution is 7.15. The molecule has 4 rings (SSSR count). The van der Waals surface area contributed by atoms with Gasteiger partial charge in [-0.3, -0.25) is 19.1 Å². The van der Waals surface area contributed by atoms with Gasteiger partial charge < -0.3 is 15.2 Å².